The molecule has 0 N–H and O–H groups in total. The smallest absolute Gasteiger partial charge is 0.406 e. The highest BCUT2D eigenvalue weighted by Gasteiger charge is 2.43. The standard InChI is InChI=1S/C23H31F6N3O4S/c1-16(2)30-11-13-31(14-12-30)21(33)17-3-5-18(6-4-17)32(15-22(24,25)26)37(34,35)20-9-7-19(8-10-20)36-23(27,28)29/h7-10,16-18H,3-6,11-15H2,1-2H3. The summed E-state index contributed by atoms with van der Waals surface area (Å²) in [4.78, 5) is 16.4. The second-order valence-electron chi connectivity index (χ2n) is 9.65. The fraction of sp³-hybridized carbons (Fsp3) is 0.696. The van der Waals surface area contributed by atoms with E-state index < -0.39 is 51.7 Å². The number of benzene rings is 1. The molecule has 37 heavy (non-hydrogen) atoms. The molecule has 2 aliphatic rings. The Kier molecular flexibility index (Phi) is 9.05. The molecule has 7 nitrogen and oxygen atoms in total. The molecule has 0 atom stereocenters. The molecule has 1 aliphatic heterocycles. The molecule has 1 heterocycles. The predicted octanol–water partition coefficient (Wildman–Crippen LogP) is 4.25. The summed E-state index contributed by atoms with van der Waals surface area (Å²) in [6, 6.07) is 2.40. The second kappa shape index (κ2) is 11.4. The van der Waals surface area contributed by atoms with E-state index in [-0.39, 0.29) is 31.6 Å². The maximum absolute atomic E-state index is 13.4. The minimum Gasteiger partial charge on any atom is -0.406 e. The van der Waals surface area contributed by atoms with Gasteiger partial charge < -0.3 is 9.64 Å². The zero-order valence-corrected chi connectivity index (χ0v) is 21.4. The van der Waals surface area contributed by atoms with Crippen molar-refractivity contribution in [2.75, 3.05) is 32.7 Å². The van der Waals surface area contributed by atoms with Gasteiger partial charge in [0.25, 0.3) is 0 Å². The van der Waals surface area contributed by atoms with Crippen LogP contribution in [0, 0.1) is 5.92 Å². The highest BCUT2D eigenvalue weighted by Crippen LogP contribution is 2.35. The minimum atomic E-state index is -5.00. The fourth-order valence-electron chi connectivity index (χ4n) is 4.86. The Labute approximate surface area is 212 Å². The summed E-state index contributed by atoms with van der Waals surface area (Å²) >= 11 is 0. The maximum Gasteiger partial charge on any atom is 0.573 e. The minimum absolute atomic E-state index is 0.0624. The summed E-state index contributed by atoms with van der Waals surface area (Å²) in [6.45, 7) is 5.02. The Hall–Kier alpha value is -2.06. The van der Waals surface area contributed by atoms with Crippen LogP contribution in [0.4, 0.5) is 26.3 Å². The van der Waals surface area contributed by atoms with Gasteiger partial charge in [0.1, 0.15) is 12.3 Å². The molecule has 1 aromatic carbocycles. The highest BCUT2D eigenvalue weighted by atomic mass is 32.2. The van der Waals surface area contributed by atoms with Crippen molar-refractivity contribution in [1.29, 1.82) is 0 Å². The number of nitrogens with zero attached hydrogens (tertiary/aromatic N) is 3. The lowest BCUT2D eigenvalue weighted by Gasteiger charge is -2.40. The van der Waals surface area contributed by atoms with Gasteiger partial charge in [0, 0.05) is 44.2 Å². The van der Waals surface area contributed by atoms with Crippen LogP contribution in [0.25, 0.3) is 0 Å². The van der Waals surface area contributed by atoms with Crippen molar-refractivity contribution >= 4 is 15.9 Å². The van der Waals surface area contributed by atoms with Crippen LogP contribution in [-0.4, -0.2) is 85.8 Å². The molecular weight excluding hydrogens is 528 g/mol. The van der Waals surface area contributed by atoms with Crippen molar-refractivity contribution in [2.45, 2.75) is 69.0 Å². The summed E-state index contributed by atoms with van der Waals surface area (Å²) in [7, 11) is -4.69. The van der Waals surface area contributed by atoms with Crippen molar-refractivity contribution in [3.05, 3.63) is 24.3 Å². The van der Waals surface area contributed by atoms with Gasteiger partial charge >= 0.3 is 12.5 Å². The molecule has 1 amide bonds. The third kappa shape index (κ3) is 7.96. The van der Waals surface area contributed by atoms with Gasteiger partial charge in [-0.1, -0.05) is 0 Å². The van der Waals surface area contributed by atoms with E-state index in [0.717, 1.165) is 37.4 Å². The first-order chi connectivity index (χ1) is 17.1. The SMILES string of the molecule is CC(C)N1CCN(C(=O)C2CCC(N(CC(F)(F)F)S(=O)(=O)c3ccc(OC(F)(F)F)cc3)CC2)CC1. The van der Waals surface area contributed by atoms with Gasteiger partial charge in [-0.15, -0.1) is 13.2 Å². The second-order valence-corrected chi connectivity index (χ2v) is 11.5. The van der Waals surface area contributed by atoms with Gasteiger partial charge in [-0.2, -0.15) is 17.5 Å². The van der Waals surface area contributed by atoms with Gasteiger partial charge in [0.15, 0.2) is 0 Å². The summed E-state index contributed by atoms with van der Waals surface area (Å²) in [5.74, 6) is -1.15. The first kappa shape index (κ1) is 29.5. The largest absolute Gasteiger partial charge is 0.573 e. The van der Waals surface area contributed by atoms with E-state index in [2.05, 4.69) is 23.5 Å². The van der Waals surface area contributed by atoms with Crippen LogP contribution < -0.4 is 4.74 Å². The molecule has 0 unspecified atom stereocenters. The van der Waals surface area contributed by atoms with Gasteiger partial charge in [-0.3, -0.25) is 9.69 Å². The number of alkyl halides is 6. The van der Waals surface area contributed by atoms with Crippen molar-refractivity contribution in [3.8, 4) is 5.75 Å². The Morgan fingerprint density at radius 3 is 1.97 bits per heavy atom. The molecule has 2 fully saturated rings. The fourth-order valence-corrected chi connectivity index (χ4v) is 6.53. The molecule has 0 bridgehead atoms. The molecule has 210 valence electrons. The molecule has 3 rings (SSSR count). The van der Waals surface area contributed by atoms with Crippen LogP contribution in [-0.2, 0) is 14.8 Å². The van der Waals surface area contributed by atoms with Gasteiger partial charge in [-0.05, 0) is 63.8 Å². The lowest BCUT2D eigenvalue weighted by atomic mass is 9.85. The topological polar surface area (TPSA) is 70.2 Å². The van der Waals surface area contributed by atoms with E-state index in [1.165, 1.54) is 0 Å². The Morgan fingerprint density at radius 1 is 0.973 bits per heavy atom. The zero-order valence-electron chi connectivity index (χ0n) is 20.6. The average molecular weight is 560 g/mol. The van der Waals surface area contributed by atoms with E-state index >= 15 is 0 Å². The van der Waals surface area contributed by atoms with Crippen LogP contribution in [0.5, 0.6) is 5.75 Å². The number of amides is 1. The highest BCUT2D eigenvalue weighted by molar-refractivity contribution is 7.89. The first-order valence-electron chi connectivity index (χ1n) is 12.0. The number of sulfonamides is 1. The zero-order chi connectivity index (χ0) is 27.6. The van der Waals surface area contributed by atoms with E-state index in [4.69, 9.17) is 0 Å². The van der Waals surface area contributed by atoms with E-state index in [1.807, 2.05) is 0 Å². The molecule has 0 aromatic heterocycles. The molecule has 14 heteroatoms. The molecular formula is C23H31F6N3O4S. The lowest BCUT2D eigenvalue weighted by Crippen LogP contribution is -2.53. The summed E-state index contributed by atoms with van der Waals surface area (Å²) in [5.41, 5.74) is 0. The van der Waals surface area contributed by atoms with Crippen molar-refractivity contribution < 1.29 is 44.3 Å². The third-order valence-electron chi connectivity index (χ3n) is 6.81. The van der Waals surface area contributed by atoms with Gasteiger partial charge in [-0.25, -0.2) is 8.42 Å². The van der Waals surface area contributed by atoms with Crippen LogP contribution >= 0.6 is 0 Å². The first-order valence-corrected chi connectivity index (χ1v) is 13.5. The number of carbonyl (C=O) groups excluding carboxylic acids is 1. The number of ether oxygens (including phenoxy) is 1. The monoisotopic (exact) mass is 559 g/mol. The summed E-state index contributed by atoms with van der Waals surface area (Å²) in [5, 5.41) is 0. The molecule has 1 saturated carbocycles. The summed E-state index contributed by atoms with van der Waals surface area (Å²) in [6.07, 6.45) is -9.22. The molecule has 1 aliphatic carbocycles. The predicted molar refractivity (Wildman–Crippen MR) is 122 cm³/mol. The number of piperazine rings is 1. The normalized spacial score (nSPS) is 22.5. The van der Waals surface area contributed by atoms with Gasteiger partial charge in [0.2, 0.25) is 15.9 Å². The molecule has 0 radical (unpaired) electrons. The number of halogens is 6. The van der Waals surface area contributed by atoms with E-state index in [1.54, 1.807) is 4.90 Å². The van der Waals surface area contributed by atoms with Crippen LogP contribution in [0.1, 0.15) is 39.5 Å². The number of carbonyl (C=O) groups is 1. The third-order valence-corrected chi connectivity index (χ3v) is 8.72. The number of rotatable bonds is 7. The van der Waals surface area contributed by atoms with Crippen LogP contribution in [0.2, 0.25) is 0 Å². The van der Waals surface area contributed by atoms with Gasteiger partial charge in [0.05, 0.1) is 4.90 Å². The van der Waals surface area contributed by atoms with E-state index in [9.17, 15) is 39.6 Å². The average Bonchev–Trinajstić information content (AvgIpc) is 2.81. The van der Waals surface area contributed by atoms with Crippen molar-refractivity contribution in [3.63, 3.8) is 0 Å². The van der Waals surface area contributed by atoms with Crippen LogP contribution in [0.3, 0.4) is 0 Å². The molecule has 0 spiro atoms. The molecule has 1 aromatic rings. The lowest BCUT2D eigenvalue weighted by molar-refractivity contribution is -0.274. The van der Waals surface area contributed by atoms with E-state index in [0.29, 0.717) is 23.4 Å². The Bertz CT molecular complexity index is 1010. The van der Waals surface area contributed by atoms with Crippen molar-refractivity contribution in [1.82, 2.24) is 14.1 Å². The number of hydrogen-bond donors (Lipinski definition) is 0. The summed E-state index contributed by atoms with van der Waals surface area (Å²) < 4.78 is 108. The number of hydrogen-bond acceptors (Lipinski definition) is 5. The van der Waals surface area contributed by atoms with Crippen molar-refractivity contribution in [2.24, 2.45) is 5.92 Å². The molecule has 1 saturated heterocycles. The Balaban J connectivity index is 1.69. The quantitative estimate of drug-likeness (QED) is 0.468. The Morgan fingerprint density at radius 2 is 1.51 bits per heavy atom. The maximum atomic E-state index is 13.4. The van der Waals surface area contributed by atoms with Crippen LogP contribution in [0.15, 0.2) is 29.2 Å².